The standard InChI is InChI=1S/C20H29FN4O2S2.HI/c1-4-25(5-2)29(26,27)19-11-10-18(28-19)13-15-24-20(22-3)23-14-12-16-6-8-17(21)9-7-16;/h6-11H,4-5,12-15H2,1-3H3,(H2,22,23,24);1H. The summed E-state index contributed by atoms with van der Waals surface area (Å²) in [7, 11) is -1.69. The molecule has 0 atom stereocenters. The Morgan fingerprint density at radius 2 is 1.63 bits per heavy atom. The average molecular weight is 569 g/mol. The summed E-state index contributed by atoms with van der Waals surface area (Å²) in [4.78, 5) is 5.19. The van der Waals surface area contributed by atoms with Gasteiger partial charge >= 0.3 is 0 Å². The van der Waals surface area contributed by atoms with Gasteiger partial charge in [-0.05, 0) is 42.7 Å². The predicted octanol–water partition coefficient (Wildman–Crippen LogP) is 3.49. The fourth-order valence-electron chi connectivity index (χ4n) is 2.82. The van der Waals surface area contributed by atoms with E-state index in [1.54, 1.807) is 25.2 Å². The lowest BCUT2D eigenvalue weighted by Gasteiger charge is -2.16. The number of rotatable bonds is 10. The number of benzene rings is 1. The summed E-state index contributed by atoms with van der Waals surface area (Å²) in [6, 6.07) is 10.0. The Bertz CT molecular complexity index is 898. The zero-order valence-corrected chi connectivity index (χ0v) is 21.5. The second kappa shape index (κ2) is 13.2. The first-order valence-electron chi connectivity index (χ1n) is 9.68. The van der Waals surface area contributed by atoms with Gasteiger partial charge in [-0.2, -0.15) is 4.31 Å². The third-order valence-electron chi connectivity index (χ3n) is 4.44. The summed E-state index contributed by atoms with van der Waals surface area (Å²) in [5, 5.41) is 6.46. The van der Waals surface area contributed by atoms with Crippen LogP contribution in [0.5, 0.6) is 0 Å². The van der Waals surface area contributed by atoms with Crippen LogP contribution >= 0.6 is 35.3 Å². The Hall–Kier alpha value is -1.24. The summed E-state index contributed by atoms with van der Waals surface area (Å²) in [6.45, 7) is 5.93. The normalized spacial score (nSPS) is 12.0. The smallest absolute Gasteiger partial charge is 0.252 e. The molecule has 10 heteroatoms. The van der Waals surface area contributed by atoms with Crippen LogP contribution in [0.1, 0.15) is 24.3 Å². The first-order valence-corrected chi connectivity index (χ1v) is 11.9. The van der Waals surface area contributed by atoms with Crippen LogP contribution in [0.4, 0.5) is 4.39 Å². The Balaban J connectivity index is 0.00000450. The molecule has 0 unspecified atom stereocenters. The second-order valence-electron chi connectivity index (χ2n) is 6.36. The quantitative estimate of drug-likeness (QED) is 0.262. The van der Waals surface area contributed by atoms with Gasteiger partial charge in [0.2, 0.25) is 0 Å². The highest BCUT2D eigenvalue weighted by molar-refractivity contribution is 14.0. The summed E-state index contributed by atoms with van der Waals surface area (Å²) in [5.41, 5.74) is 1.05. The zero-order chi connectivity index (χ0) is 21.3. The number of aliphatic imine (C=N–C) groups is 1. The molecule has 0 aliphatic carbocycles. The van der Waals surface area contributed by atoms with Crippen molar-refractivity contribution in [3.05, 3.63) is 52.7 Å². The first kappa shape index (κ1) is 26.8. The fraction of sp³-hybridized carbons (Fsp3) is 0.450. The lowest BCUT2D eigenvalue weighted by Crippen LogP contribution is -2.39. The Morgan fingerprint density at radius 1 is 1.03 bits per heavy atom. The number of sulfonamides is 1. The van der Waals surface area contributed by atoms with E-state index in [9.17, 15) is 12.8 Å². The van der Waals surface area contributed by atoms with Crippen LogP contribution in [0.3, 0.4) is 0 Å². The summed E-state index contributed by atoms with van der Waals surface area (Å²) < 4.78 is 39.9. The molecule has 0 aliphatic rings. The molecule has 168 valence electrons. The van der Waals surface area contributed by atoms with Gasteiger partial charge in [-0.15, -0.1) is 35.3 Å². The van der Waals surface area contributed by atoms with Crippen LogP contribution in [-0.2, 0) is 22.9 Å². The molecule has 1 aromatic heterocycles. The van der Waals surface area contributed by atoms with Gasteiger partial charge in [0.25, 0.3) is 10.0 Å². The van der Waals surface area contributed by atoms with Crippen LogP contribution < -0.4 is 10.6 Å². The van der Waals surface area contributed by atoms with E-state index in [0.29, 0.717) is 42.8 Å². The van der Waals surface area contributed by atoms with Crippen molar-refractivity contribution in [2.24, 2.45) is 4.99 Å². The van der Waals surface area contributed by atoms with Crippen molar-refractivity contribution in [1.82, 2.24) is 14.9 Å². The highest BCUT2D eigenvalue weighted by atomic mass is 127. The topological polar surface area (TPSA) is 73.8 Å². The highest BCUT2D eigenvalue weighted by Gasteiger charge is 2.23. The van der Waals surface area contributed by atoms with E-state index in [1.807, 2.05) is 19.9 Å². The molecule has 0 saturated carbocycles. The van der Waals surface area contributed by atoms with Gasteiger partial charge in [0.05, 0.1) is 0 Å². The van der Waals surface area contributed by atoms with E-state index in [1.165, 1.54) is 27.8 Å². The van der Waals surface area contributed by atoms with Crippen molar-refractivity contribution >= 4 is 51.3 Å². The van der Waals surface area contributed by atoms with Crippen molar-refractivity contribution in [2.45, 2.75) is 30.9 Å². The van der Waals surface area contributed by atoms with E-state index >= 15 is 0 Å². The third kappa shape index (κ3) is 7.78. The number of nitrogens with zero attached hydrogens (tertiary/aromatic N) is 2. The molecule has 0 aliphatic heterocycles. The molecular weight excluding hydrogens is 538 g/mol. The Labute approximate surface area is 200 Å². The van der Waals surface area contributed by atoms with Crippen LogP contribution in [0, 0.1) is 5.82 Å². The predicted molar refractivity (Wildman–Crippen MR) is 133 cm³/mol. The molecule has 0 spiro atoms. The summed E-state index contributed by atoms with van der Waals surface area (Å²) in [6.07, 6.45) is 1.47. The third-order valence-corrected chi connectivity index (χ3v) is 8.11. The lowest BCUT2D eigenvalue weighted by atomic mass is 10.1. The van der Waals surface area contributed by atoms with Gasteiger partial charge in [0.1, 0.15) is 10.0 Å². The number of hydrogen-bond donors (Lipinski definition) is 2. The van der Waals surface area contributed by atoms with Gasteiger partial charge in [0.15, 0.2) is 5.96 Å². The van der Waals surface area contributed by atoms with Crippen molar-refractivity contribution in [2.75, 3.05) is 33.2 Å². The molecule has 0 radical (unpaired) electrons. The zero-order valence-electron chi connectivity index (χ0n) is 17.5. The van der Waals surface area contributed by atoms with Gasteiger partial charge in [-0.1, -0.05) is 26.0 Å². The Morgan fingerprint density at radius 3 is 2.20 bits per heavy atom. The largest absolute Gasteiger partial charge is 0.356 e. The summed E-state index contributed by atoms with van der Waals surface area (Å²) >= 11 is 1.31. The number of hydrogen-bond acceptors (Lipinski definition) is 4. The molecular formula is C20H30FIN4O2S2. The minimum atomic E-state index is -3.40. The molecule has 1 aromatic carbocycles. The fourth-order valence-corrected chi connectivity index (χ4v) is 5.79. The van der Waals surface area contributed by atoms with Crippen molar-refractivity contribution in [3.8, 4) is 0 Å². The van der Waals surface area contributed by atoms with E-state index in [-0.39, 0.29) is 29.8 Å². The van der Waals surface area contributed by atoms with Crippen molar-refractivity contribution in [1.29, 1.82) is 0 Å². The minimum Gasteiger partial charge on any atom is -0.356 e. The van der Waals surface area contributed by atoms with E-state index in [2.05, 4.69) is 15.6 Å². The molecule has 2 rings (SSSR count). The molecule has 0 bridgehead atoms. The van der Waals surface area contributed by atoms with Gasteiger partial charge in [-0.3, -0.25) is 4.99 Å². The van der Waals surface area contributed by atoms with Crippen LogP contribution in [-0.4, -0.2) is 51.9 Å². The van der Waals surface area contributed by atoms with Crippen molar-refractivity contribution < 1.29 is 12.8 Å². The number of nitrogens with one attached hydrogen (secondary N) is 2. The SMILES string of the molecule is CCN(CC)S(=O)(=O)c1ccc(CCNC(=NC)NCCc2ccc(F)cc2)s1.I. The highest BCUT2D eigenvalue weighted by Crippen LogP contribution is 2.25. The molecule has 0 amide bonds. The maximum absolute atomic E-state index is 12.9. The number of guanidine groups is 1. The van der Waals surface area contributed by atoms with E-state index in [4.69, 9.17) is 0 Å². The molecule has 1 heterocycles. The molecule has 2 aromatic rings. The molecule has 2 N–H and O–H groups in total. The molecule has 6 nitrogen and oxygen atoms in total. The first-order chi connectivity index (χ1) is 13.9. The lowest BCUT2D eigenvalue weighted by molar-refractivity contribution is 0.447. The van der Waals surface area contributed by atoms with Gasteiger partial charge in [0, 0.05) is 38.1 Å². The Kier molecular flexibility index (Phi) is 11.8. The van der Waals surface area contributed by atoms with Crippen molar-refractivity contribution in [3.63, 3.8) is 0 Å². The van der Waals surface area contributed by atoms with Gasteiger partial charge in [-0.25, -0.2) is 12.8 Å². The van der Waals surface area contributed by atoms with Crippen LogP contribution in [0.15, 0.2) is 45.6 Å². The number of thiophene rings is 1. The maximum Gasteiger partial charge on any atom is 0.252 e. The molecule has 0 saturated heterocycles. The van der Waals surface area contributed by atoms with Crippen LogP contribution in [0.25, 0.3) is 0 Å². The maximum atomic E-state index is 12.9. The summed E-state index contributed by atoms with van der Waals surface area (Å²) in [5.74, 6) is 0.445. The molecule has 0 fully saturated rings. The number of halogens is 2. The van der Waals surface area contributed by atoms with E-state index in [0.717, 1.165) is 16.9 Å². The van der Waals surface area contributed by atoms with E-state index < -0.39 is 10.0 Å². The average Bonchev–Trinajstić information content (AvgIpc) is 3.19. The second-order valence-corrected chi connectivity index (χ2v) is 9.70. The minimum absolute atomic E-state index is 0. The molecule has 30 heavy (non-hydrogen) atoms. The monoisotopic (exact) mass is 568 g/mol. The van der Waals surface area contributed by atoms with Crippen LogP contribution in [0.2, 0.25) is 0 Å². The van der Waals surface area contributed by atoms with Gasteiger partial charge < -0.3 is 10.6 Å².